The molecule has 3 N–H and O–H groups in total. The van der Waals surface area contributed by atoms with E-state index >= 15 is 0 Å². The molecule has 1 aromatic rings. The maximum absolute atomic E-state index is 13.5. The van der Waals surface area contributed by atoms with Crippen LogP contribution in [0, 0.1) is 5.41 Å². The molecule has 34 heavy (non-hydrogen) atoms. The van der Waals surface area contributed by atoms with E-state index in [0.717, 1.165) is 24.9 Å². The van der Waals surface area contributed by atoms with Crippen molar-refractivity contribution in [1.29, 1.82) is 0 Å². The number of thioether (sulfide) groups is 1. The van der Waals surface area contributed by atoms with Gasteiger partial charge in [0.25, 0.3) is 0 Å². The van der Waals surface area contributed by atoms with Gasteiger partial charge in [-0.25, -0.2) is 0 Å². The maximum atomic E-state index is 13.5. The maximum Gasteiger partial charge on any atom is 0.240 e. The lowest BCUT2D eigenvalue weighted by atomic mass is 9.85. The standard InChI is InChI=1S/C28H44N4OS/c1-9-17-34-24(19(2)3)22-14-12-21(13-15-22)18-30-26(29)23-11-10-16-32(23)27(33)25(28(6,7)8)31-20(4)5/h9,12-15,17,20,23,25,31H,10-11,16,18H2,1-8H3,(H2,29,30)/b17-9-. The number of amidine groups is 1. The molecule has 5 nitrogen and oxygen atoms in total. The summed E-state index contributed by atoms with van der Waals surface area (Å²) in [6, 6.07) is 8.38. The van der Waals surface area contributed by atoms with Crippen molar-refractivity contribution in [3.63, 3.8) is 0 Å². The molecule has 0 bridgehead atoms. The average Bonchev–Trinajstić information content (AvgIpc) is 3.25. The largest absolute Gasteiger partial charge is 0.386 e. The summed E-state index contributed by atoms with van der Waals surface area (Å²) in [5.74, 6) is 0.680. The predicted molar refractivity (Wildman–Crippen MR) is 149 cm³/mol. The Balaban J connectivity index is 2.13. The minimum absolute atomic E-state index is 0.124. The third-order valence-corrected chi connectivity index (χ3v) is 7.21. The van der Waals surface area contributed by atoms with Crippen molar-refractivity contribution in [3.05, 3.63) is 52.4 Å². The number of rotatable bonds is 9. The Labute approximate surface area is 211 Å². The van der Waals surface area contributed by atoms with Gasteiger partial charge >= 0.3 is 0 Å². The monoisotopic (exact) mass is 484 g/mol. The minimum Gasteiger partial charge on any atom is -0.386 e. The van der Waals surface area contributed by atoms with Crippen LogP contribution in [0.15, 0.2) is 46.3 Å². The van der Waals surface area contributed by atoms with Gasteiger partial charge in [0.05, 0.1) is 18.6 Å². The second-order valence-electron chi connectivity index (χ2n) is 10.7. The molecule has 1 heterocycles. The van der Waals surface area contributed by atoms with E-state index in [1.807, 2.05) is 11.8 Å². The van der Waals surface area contributed by atoms with Crippen molar-refractivity contribution in [1.82, 2.24) is 10.2 Å². The zero-order valence-electron chi connectivity index (χ0n) is 22.3. The summed E-state index contributed by atoms with van der Waals surface area (Å²) in [6.07, 6.45) is 3.87. The second kappa shape index (κ2) is 12.6. The first kappa shape index (κ1) is 28.2. The quantitative estimate of drug-likeness (QED) is 0.335. The van der Waals surface area contributed by atoms with E-state index in [1.54, 1.807) is 11.8 Å². The lowest BCUT2D eigenvalue weighted by Gasteiger charge is -2.36. The summed E-state index contributed by atoms with van der Waals surface area (Å²) >= 11 is 1.74. The van der Waals surface area contributed by atoms with Gasteiger partial charge in [0.2, 0.25) is 5.91 Å². The fraction of sp³-hybridized carbons (Fsp3) is 0.571. The van der Waals surface area contributed by atoms with Crippen LogP contribution in [-0.2, 0) is 11.3 Å². The molecule has 188 valence electrons. The third-order valence-electron chi connectivity index (χ3n) is 5.93. The van der Waals surface area contributed by atoms with Gasteiger partial charge in [0, 0.05) is 17.5 Å². The molecule has 1 aliphatic heterocycles. The van der Waals surface area contributed by atoms with Crippen molar-refractivity contribution in [3.8, 4) is 0 Å². The Bertz CT molecular complexity index is 905. The van der Waals surface area contributed by atoms with Crippen LogP contribution in [0.3, 0.4) is 0 Å². The van der Waals surface area contributed by atoms with E-state index in [0.29, 0.717) is 12.4 Å². The highest BCUT2D eigenvalue weighted by Crippen LogP contribution is 2.32. The molecule has 1 aliphatic rings. The van der Waals surface area contributed by atoms with Gasteiger partial charge in [0.1, 0.15) is 5.84 Å². The van der Waals surface area contributed by atoms with Gasteiger partial charge in [-0.1, -0.05) is 82.3 Å². The molecule has 0 spiro atoms. The number of hydrogen-bond donors (Lipinski definition) is 2. The molecule has 0 aromatic heterocycles. The fourth-order valence-corrected chi connectivity index (χ4v) is 4.97. The van der Waals surface area contributed by atoms with Crippen LogP contribution < -0.4 is 11.1 Å². The van der Waals surface area contributed by atoms with Crippen LogP contribution in [0.4, 0.5) is 0 Å². The van der Waals surface area contributed by atoms with Crippen molar-refractivity contribution >= 4 is 28.4 Å². The van der Waals surface area contributed by atoms with E-state index in [1.165, 1.54) is 16.0 Å². The molecular weight excluding hydrogens is 440 g/mol. The third kappa shape index (κ3) is 7.74. The Morgan fingerprint density at radius 1 is 1.26 bits per heavy atom. The minimum atomic E-state index is -0.252. The van der Waals surface area contributed by atoms with Crippen LogP contribution in [-0.4, -0.2) is 41.3 Å². The molecule has 1 amide bonds. The number of carbonyl (C=O) groups is 1. The number of carbonyl (C=O) groups excluding carboxylic acids is 1. The zero-order chi connectivity index (χ0) is 25.5. The number of allylic oxidation sites excluding steroid dienone is 2. The number of hydrogen-bond acceptors (Lipinski definition) is 4. The molecule has 2 atom stereocenters. The first-order valence-corrected chi connectivity index (χ1v) is 13.2. The number of nitrogens with one attached hydrogen (secondary N) is 1. The smallest absolute Gasteiger partial charge is 0.240 e. The van der Waals surface area contributed by atoms with Gasteiger partial charge in [0.15, 0.2) is 0 Å². The molecule has 6 heteroatoms. The zero-order valence-corrected chi connectivity index (χ0v) is 23.1. The van der Waals surface area contributed by atoms with E-state index in [-0.39, 0.29) is 29.4 Å². The number of aliphatic imine (C=N–C) groups is 1. The molecular formula is C28H44N4OS. The molecule has 1 aromatic carbocycles. The highest BCUT2D eigenvalue weighted by atomic mass is 32.2. The highest BCUT2D eigenvalue weighted by molar-refractivity contribution is 8.10. The number of benzene rings is 1. The highest BCUT2D eigenvalue weighted by Gasteiger charge is 2.39. The van der Waals surface area contributed by atoms with Crippen molar-refractivity contribution in [2.45, 2.75) is 92.9 Å². The summed E-state index contributed by atoms with van der Waals surface area (Å²) in [5.41, 5.74) is 9.89. The van der Waals surface area contributed by atoms with Gasteiger partial charge in [-0.15, -0.1) is 0 Å². The van der Waals surface area contributed by atoms with Crippen LogP contribution in [0.1, 0.15) is 79.4 Å². The first-order chi connectivity index (χ1) is 16.0. The van der Waals surface area contributed by atoms with Crippen molar-refractivity contribution < 1.29 is 4.79 Å². The molecule has 1 fully saturated rings. The molecule has 0 aliphatic carbocycles. The summed E-state index contributed by atoms with van der Waals surface area (Å²) in [5, 5.41) is 5.58. The van der Waals surface area contributed by atoms with Gasteiger partial charge in [-0.3, -0.25) is 9.79 Å². The predicted octanol–water partition coefficient (Wildman–Crippen LogP) is 5.97. The second-order valence-corrected chi connectivity index (χ2v) is 11.6. The topological polar surface area (TPSA) is 70.7 Å². The van der Waals surface area contributed by atoms with E-state index in [4.69, 9.17) is 10.7 Å². The van der Waals surface area contributed by atoms with Crippen molar-refractivity contribution in [2.75, 3.05) is 6.54 Å². The Morgan fingerprint density at radius 3 is 2.44 bits per heavy atom. The molecule has 0 saturated carbocycles. The summed E-state index contributed by atoms with van der Waals surface area (Å²) in [7, 11) is 0. The SMILES string of the molecule is C/C=C\SC(=C(C)C)c1ccc(CN=C(N)C2CCCN2C(=O)C(NC(C)C)C(C)(C)C)cc1. The normalized spacial score (nSPS) is 18.1. The van der Waals surface area contributed by atoms with Gasteiger partial charge in [-0.2, -0.15) is 0 Å². The van der Waals surface area contributed by atoms with Gasteiger partial charge in [-0.05, 0) is 55.6 Å². The lowest BCUT2D eigenvalue weighted by Crippen LogP contribution is -2.57. The van der Waals surface area contributed by atoms with E-state index < -0.39 is 0 Å². The number of amides is 1. The van der Waals surface area contributed by atoms with E-state index in [2.05, 4.69) is 89.5 Å². The average molecular weight is 485 g/mol. The summed E-state index contributed by atoms with van der Waals surface area (Å²) < 4.78 is 0. The number of nitrogens with zero attached hydrogens (tertiary/aromatic N) is 2. The summed E-state index contributed by atoms with van der Waals surface area (Å²) in [6.45, 7) is 18.0. The molecule has 2 unspecified atom stereocenters. The fourth-order valence-electron chi connectivity index (χ4n) is 4.19. The van der Waals surface area contributed by atoms with Gasteiger partial charge < -0.3 is 16.0 Å². The Morgan fingerprint density at radius 2 is 1.91 bits per heavy atom. The molecule has 2 rings (SSSR count). The van der Waals surface area contributed by atoms with Crippen molar-refractivity contribution in [2.24, 2.45) is 16.1 Å². The van der Waals surface area contributed by atoms with Crippen LogP contribution in [0.2, 0.25) is 0 Å². The summed E-state index contributed by atoms with van der Waals surface area (Å²) in [4.78, 5) is 21.4. The Kier molecular flexibility index (Phi) is 10.4. The molecule has 1 saturated heterocycles. The molecule has 0 radical (unpaired) electrons. The van der Waals surface area contributed by atoms with E-state index in [9.17, 15) is 4.79 Å². The van der Waals surface area contributed by atoms with Crippen LogP contribution >= 0.6 is 11.8 Å². The number of likely N-dealkylation sites (tertiary alicyclic amines) is 1. The first-order valence-electron chi connectivity index (χ1n) is 12.4. The number of nitrogens with two attached hydrogens (primary N) is 1. The Hall–Kier alpha value is -2.05. The van der Waals surface area contributed by atoms with Crippen LogP contribution in [0.25, 0.3) is 4.91 Å². The van der Waals surface area contributed by atoms with Crippen LogP contribution in [0.5, 0.6) is 0 Å². The lowest BCUT2D eigenvalue weighted by molar-refractivity contribution is -0.136.